The second-order valence-electron chi connectivity index (χ2n) is 4.52. The molecule has 0 fully saturated rings. The van der Waals surface area contributed by atoms with Crippen molar-refractivity contribution >= 4 is 12.0 Å². The minimum Gasteiger partial charge on any atom is -0.488 e. The molecule has 0 spiro atoms. The molecule has 108 valence electrons. The molecule has 0 saturated heterocycles. The Morgan fingerprint density at radius 2 is 1.81 bits per heavy atom. The van der Waals surface area contributed by atoms with Crippen LogP contribution in [0.2, 0.25) is 0 Å². The van der Waals surface area contributed by atoms with Gasteiger partial charge in [0.15, 0.2) is 0 Å². The van der Waals surface area contributed by atoms with Crippen molar-refractivity contribution < 1.29 is 14.3 Å². The lowest BCUT2D eigenvalue weighted by atomic mass is 10.1. The minimum atomic E-state index is -0.333. The molecular weight excluding hydrogens is 264 g/mol. The van der Waals surface area contributed by atoms with E-state index in [0.29, 0.717) is 12.2 Å². The van der Waals surface area contributed by atoms with E-state index in [1.807, 2.05) is 55.5 Å². The van der Waals surface area contributed by atoms with Crippen molar-refractivity contribution in [2.24, 2.45) is 0 Å². The van der Waals surface area contributed by atoms with Crippen molar-refractivity contribution in [2.45, 2.75) is 13.5 Å². The van der Waals surface area contributed by atoms with Gasteiger partial charge in [0.05, 0.1) is 12.7 Å². The Bertz CT molecular complexity index is 627. The number of carbonyl (C=O) groups is 1. The van der Waals surface area contributed by atoms with Crippen molar-refractivity contribution in [3.8, 4) is 5.75 Å². The summed E-state index contributed by atoms with van der Waals surface area (Å²) in [7, 11) is 1.37. The molecule has 0 amide bonds. The quantitative estimate of drug-likeness (QED) is 0.775. The molecule has 0 saturated carbocycles. The highest BCUT2D eigenvalue weighted by Gasteiger charge is 2.05. The van der Waals surface area contributed by atoms with Crippen LogP contribution < -0.4 is 4.74 Å². The van der Waals surface area contributed by atoms with Gasteiger partial charge in [-0.15, -0.1) is 0 Å². The normalized spacial score (nSPS) is 10.6. The number of ether oxygens (including phenoxy) is 2. The molecule has 0 aliphatic heterocycles. The van der Waals surface area contributed by atoms with Crippen molar-refractivity contribution in [3.63, 3.8) is 0 Å². The summed E-state index contributed by atoms with van der Waals surface area (Å²) in [6, 6.07) is 15.1. The van der Waals surface area contributed by atoms with Gasteiger partial charge in [-0.3, -0.25) is 0 Å². The van der Waals surface area contributed by atoms with Crippen LogP contribution >= 0.6 is 0 Å². The Balaban J connectivity index is 2.05. The molecule has 0 atom stereocenters. The first-order valence-corrected chi connectivity index (χ1v) is 6.76. The highest BCUT2D eigenvalue weighted by atomic mass is 16.5. The number of hydrogen-bond acceptors (Lipinski definition) is 3. The second kappa shape index (κ2) is 7.29. The van der Waals surface area contributed by atoms with Crippen LogP contribution in [0.1, 0.15) is 28.4 Å². The summed E-state index contributed by atoms with van der Waals surface area (Å²) in [6.45, 7) is 2.43. The van der Waals surface area contributed by atoms with Crippen LogP contribution in [0.5, 0.6) is 5.75 Å². The SMILES string of the molecule is C/C=C/c1ccccc1OCc1ccc(C(=O)OC)cc1. The van der Waals surface area contributed by atoms with E-state index in [0.717, 1.165) is 16.9 Å². The molecule has 0 unspecified atom stereocenters. The summed E-state index contributed by atoms with van der Waals surface area (Å²) in [4.78, 5) is 11.4. The molecule has 3 heteroatoms. The average Bonchev–Trinajstić information content (AvgIpc) is 2.54. The lowest BCUT2D eigenvalue weighted by molar-refractivity contribution is 0.0600. The average molecular weight is 282 g/mol. The zero-order valence-corrected chi connectivity index (χ0v) is 12.2. The molecule has 0 aliphatic rings. The maximum Gasteiger partial charge on any atom is 0.337 e. The molecule has 21 heavy (non-hydrogen) atoms. The number of allylic oxidation sites excluding steroid dienone is 1. The van der Waals surface area contributed by atoms with E-state index >= 15 is 0 Å². The molecule has 3 nitrogen and oxygen atoms in total. The zero-order valence-electron chi connectivity index (χ0n) is 12.2. The Morgan fingerprint density at radius 3 is 2.48 bits per heavy atom. The molecule has 0 N–H and O–H groups in total. The number of methoxy groups -OCH3 is 1. The third kappa shape index (κ3) is 3.96. The maximum absolute atomic E-state index is 11.4. The number of rotatable bonds is 5. The third-order valence-corrected chi connectivity index (χ3v) is 3.03. The Labute approximate surface area is 124 Å². The van der Waals surface area contributed by atoms with Gasteiger partial charge in [-0.05, 0) is 30.7 Å². The molecular formula is C18H18O3. The number of carbonyl (C=O) groups excluding carboxylic acids is 1. The van der Waals surface area contributed by atoms with Gasteiger partial charge in [-0.25, -0.2) is 4.79 Å². The van der Waals surface area contributed by atoms with Gasteiger partial charge in [0, 0.05) is 5.56 Å². The first kappa shape index (κ1) is 14.9. The van der Waals surface area contributed by atoms with Gasteiger partial charge in [0.2, 0.25) is 0 Å². The van der Waals surface area contributed by atoms with Crippen molar-refractivity contribution in [1.29, 1.82) is 0 Å². The van der Waals surface area contributed by atoms with E-state index < -0.39 is 0 Å². The van der Waals surface area contributed by atoms with Crippen molar-refractivity contribution in [1.82, 2.24) is 0 Å². The van der Waals surface area contributed by atoms with Crippen LogP contribution in [0.25, 0.3) is 6.08 Å². The van der Waals surface area contributed by atoms with E-state index in [1.54, 1.807) is 12.1 Å². The smallest absolute Gasteiger partial charge is 0.337 e. The first-order chi connectivity index (χ1) is 10.2. The van der Waals surface area contributed by atoms with Crippen LogP contribution in [0, 0.1) is 0 Å². The van der Waals surface area contributed by atoms with Crippen LogP contribution in [0.15, 0.2) is 54.6 Å². The summed E-state index contributed by atoms with van der Waals surface area (Å²) in [6.07, 6.45) is 3.99. The third-order valence-electron chi connectivity index (χ3n) is 3.03. The fraction of sp³-hybridized carbons (Fsp3) is 0.167. The van der Waals surface area contributed by atoms with Gasteiger partial charge in [-0.1, -0.05) is 42.5 Å². The first-order valence-electron chi connectivity index (χ1n) is 6.76. The Morgan fingerprint density at radius 1 is 1.10 bits per heavy atom. The molecule has 0 radical (unpaired) electrons. The van der Waals surface area contributed by atoms with Gasteiger partial charge in [-0.2, -0.15) is 0 Å². The van der Waals surface area contributed by atoms with Crippen LogP contribution in [-0.2, 0) is 11.3 Å². The topological polar surface area (TPSA) is 35.5 Å². The fourth-order valence-corrected chi connectivity index (χ4v) is 1.95. The minimum absolute atomic E-state index is 0.333. The highest BCUT2D eigenvalue weighted by Crippen LogP contribution is 2.20. The summed E-state index contributed by atoms with van der Waals surface area (Å²) >= 11 is 0. The maximum atomic E-state index is 11.4. The van der Waals surface area contributed by atoms with Gasteiger partial charge in [0.25, 0.3) is 0 Å². The largest absolute Gasteiger partial charge is 0.488 e. The van der Waals surface area contributed by atoms with Crippen molar-refractivity contribution in [2.75, 3.05) is 7.11 Å². The molecule has 0 aliphatic carbocycles. The number of para-hydroxylation sites is 1. The van der Waals surface area contributed by atoms with Crippen molar-refractivity contribution in [3.05, 3.63) is 71.3 Å². The van der Waals surface area contributed by atoms with E-state index in [9.17, 15) is 4.79 Å². The molecule has 2 aromatic rings. The van der Waals surface area contributed by atoms with Gasteiger partial charge < -0.3 is 9.47 Å². The monoisotopic (exact) mass is 282 g/mol. The second-order valence-corrected chi connectivity index (χ2v) is 4.52. The van der Waals surface area contributed by atoms with E-state index in [-0.39, 0.29) is 5.97 Å². The summed E-state index contributed by atoms with van der Waals surface area (Å²) in [5.41, 5.74) is 2.58. The predicted molar refractivity (Wildman–Crippen MR) is 83.3 cm³/mol. The van der Waals surface area contributed by atoms with E-state index in [2.05, 4.69) is 4.74 Å². The molecule has 0 bridgehead atoms. The number of hydrogen-bond donors (Lipinski definition) is 0. The van der Waals surface area contributed by atoms with Gasteiger partial charge in [0.1, 0.15) is 12.4 Å². The van der Waals surface area contributed by atoms with Crippen LogP contribution in [0.4, 0.5) is 0 Å². The molecule has 2 rings (SSSR count). The molecule has 2 aromatic carbocycles. The number of esters is 1. The molecule has 0 heterocycles. The molecule has 0 aromatic heterocycles. The summed E-state index contributed by atoms with van der Waals surface area (Å²) < 4.78 is 10.5. The lowest BCUT2D eigenvalue weighted by Crippen LogP contribution is -2.02. The lowest BCUT2D eigenvalue weighted by Gasteiger charge is -2.09. The van der Waals surface area contributed by atoms with Gasteiger partial charge >= 0.3 is 5.97 Å². The predicted octanol–water partition coefficient (Wildman–Crippen LogP) is 4.09. The summed E-state index contributed by atoms with van der Waals surface area (Å²) in [5, 5.41) is 0. The van der Waals surface area contributed by atoms with Crippen LogP contribution in [0.3, 0.4) is 0 Å². The van der Waals surface area contributed by atoms with E-state index in [4.69, 9.17) is 4.74 Å². The van der Waals surface area contributed by atoms with Crippen LogP contribution in [-0.4, -0.2) is 13.1 Å². The summed E-state index contributed by atoms with van der Waals surface area (Å²) in [5.74, 6) is 0.508. The highest BCUT2D eigenvalue weighted by molar-refractivity contribution is 5.89. The Kier molecular flexibility index (Phi) is 5.16. The number of benzene rings is 2. The zero-order chi connectivity index (χ0) is 15.1. The standard InChI is InChI=1S/C18H18O3/c1-3-6-15-7-4-5-8-17(15)21-13-14-9-11-16(12-10-14)18(19)20-2/h3-12H,13H2,1-2H3/b6-3+. The van der Waals surface area contributed by atoms with E-state index in [1.165, 1.54) is 7.11 Å². The fourth-order valence-electron chi connectivity index (χ4n) is 1.95. The Hall–Kier alpha value is -2.55.